The maximum atomic E-state index is 12.3. The summed E-state index contributed by atoms with van der Waals surface area (Å²) < 4.78 is 5.16. The van der Waals surface area contributed by atoms with Crippen LogP contribution in [0.5, 0.6) is 5.75 Å². The molecule has 4 aromatic rings. The number of thiazole rings is 1. The van der Waals surface area contributed by atoms with E-state index in [1.165, 1.54) is 17.4 Å². The average Bonchev–Trinajstić information content (AvgIpc) is 3.12. The van der Waals surface area contributed by atoms with Gasteiger partial charge >= 0.3 is 5.63 Å². The van der Waals surface area contributed by atoms with Crippen molar-refractivity contribution in [2.75, 3.05) is 0 Å². The summed E-state index contributed by atoms with van der Waals surface area (Å²) in [6.07, 6.45) is 0. The largest absolute Gasteiger partial charge is 0.868 e. The first-order valence-corrected chi connectivity index (χ1v) is 9.31. The third kappa shape index (κ3) is 3.22. The van der Waals surface area contributed by atoms with E-state index in [9.17, 15) is 20.0 Å². The van der Waals surface area contributed by atoms with Crippen molar-refractivity contribution in [3.8, 4) is 27.6 Å². The van der Waals surface area contributed by atoms with Gasteiger partial charge in [-0.3, -0.25) is 10.1 Å². The Bertz CT molecular complexity index is 1320. The summed E-state index contributed by atoms with van der Waals surface area (Å²) in [6, 6.07) is 8.48. The Labute approximate surface area is 170 Å². The van der Waals surface area contributed by atoms with E-state index < -0.39 is 22.0 Å². The number of benzene rings is 2. The number of hydrogen-bond donors (Lipinski definition) is 0. The predicted octanol–water partition coefficient (Wildman–Crippen LogP) is 4.87. The third-order valence-electron chi connectivity index (χ3n) is 3.96. The number of rotatable bonds is 3. The molecule has 0 bridgehead atoms. The van der Waals surface area contributed by atoms with Crippen molar-refractivity contribution >= 4 is 51.2 Å². The summed E-state index contributed by atoms with van der Waals surface area (Å²) in [4.78, 5) is 27.0. The molecule has 2 aromatic carbocycles. The molecule has 10 heteroatoms. The van der Waals surface area contributed by atoms with E-state index in [2.05, 4.69) is 4.98 Å². The highest BCUT2D eigenvalue weighted by molar-refractivity contribution is 7.13. The molecule has 0 N–H and O–H groups in total. The van der Waals surface area contributed by atoms with Crippen molar-refractivity contribution in [2.45, 2.75) is 0 Å². The van der Waals surface area contributed by atoms with Gasteiger partial charge in [0.05, 0.1) is 26.2 Å². The Morgan fingerprint density at radius 3 is 2.61 bits per heavy atom. The van der Waals surface area contributed by atoms with Gasteiger partial charge in [-0.05, 0) is 30.0 Å². The lowest BCUT2D eigenvalue weighted by Crippen LogP contribution is -2.04. The Kier molecular flexibility index (Phi) is 4.54. The van der Waals surface area contributed by atoms with Crippen LogP contribution in [0.2, 0.25) is 10.0 Å². The summed E-state index contributed by atoms with van der Waals surface area (Å²) in [7, 11) is 0. The van der Waals surface area contributed by atoms with Crippen molar-refractivity contribution in [2.24, 2.45) is 0 Å². The Balaban J connectivity index is 1.83. The summed E-state index contributed by atoms with van der Waals surface area (Å²) in [5.41, 5.74) is -0.126. The number of nitro benzene ring substituents is 1. The number of fused-ring (bicyclic) bond motifs is 1. The van der Waals surface area contributed by atoms with Gasteiger partial charge in [-0.15, -0.1) is 11.3 Å². The number of nitrogens with zero attached hydrogens (tertiary/aromatic N) is 2. The minimum atomic E-state index is -0.830. The molecule has 7 nitrogen and oxygen atoms in total. The number of nitro groups is 1. The topological polar surface area (TPSA) is 109 Å². The van der Waals surface area contributed by atoms with Gasteiger partial charge in [0.2, 0.25) is 0 Å². The lowest BCUT2D eigenvalue weighted by Gasteiger charge is -2.07. The molecule has 4 rings (SSSR count). The predicted molar refractivity (Wildman–Crippen MR) is 105 cm³/mol. The molecule has 0 saturated carbocycles. The van der Waals surface area contributed by atoms with Gasteiger partial charge in [0.15, 0.2) is 0 Å². The van der Waals surface area contributed by atoms with Gasteiger partial charge in [-0.2, -0.15) is 0 Å². The van der Waals surface area contributed by atoms with Gasteiger partial charge in [-0.1, -0.05) is 29.3 Å². The Morgan fingerprint density at radius 1 is 1.11 bits per heavy atom. The Hall–Kier alpha value is -2.94. The monoisotopic (exact) mass is 433 g/mol. The molecule has 2 heterocycles. The van der Waals surface area contributed by atoms with Crippen LogP contribution >= 0.6 is 34.5 Å². The van der Waals surface area contributed by atoms with Crippen LogP contribution in [0, 0.1) is 10.1 Å². The van der Waals surface area contributed by atoms with E-state index in [0.29, 0.717) is 20.7 Å². The van der Waals surface area contributed by atoms with Crippen molar-refractivity contribution < 1.29 is 14.4 Å². The lowest BCUT2D eigenvalue weighted by molar-refractivity contribution is -0.398. The van der Waals surface area contributed by atoms with E-state index in [1.54, 1.807) is 23.6 Å². The second-order valence-corrected chi connectivity index (χ2v) is 7.40. The highest BCUT2D eigenvalue weighted by Gasteiger charge is 2.16. The molecule has 2 aromatic heterocycles. The van der Waals surface area contributed by atoms with Crippen LogP contribution in [0.25, 0.3) is 32.8 Å². The number of aromatic nitrogens is 1. The zero-order valence-electron chi connectivity index (χ0n) is 13.6. The van der Waals surface area contributed by atoms with Crippen LogP contribution in [0.4, 0.5) is 5.69 Å². The van der Waals surface area contributed by atoms with Crippen molar-refractivity contribution in [1.82, 2.24) is 4.98 Å². The zero-order chi connectivity index (χ0) is 20.0. The van der Waals surface area contributed by atoms with E-state index in [1.807, 2.05) is 0 Å². The summed E-state index contributed by atoms with van der Waals surface area (Å²) in [6.45, 7) is 0. The second-order valence-electron chi connectivity index (χ2n) is 5.73. The Morgan fingerprint density at radius 2 is 1.89 bits per heavy atom. The summed E-state index contributed by atoms with van der Waals surface area (Å²) >= 11 is 13.2. The first-order valence-electron chi connectivity index (χ1n) is 7.68. The van der Waals surface area contributed by atoms with Crippen molar-refractivity contribution in [3.63, 3.8) is 0 Å². The fourth-order valence-corrected chi connectivity index (χ4v) is 3.73. The highest BCUT2D eigenvalue weighted by atomic mass is 35.5. The molecule has 0 radical (unpaired) electrons. The SMILES string of the molecule is O=c1oc2cc([O-])c([N+](=O)[O-])cc2cc1-c1csc(-c2ccc(Cl)c(Cl)c2)n1. The van der Waals surface area contributed by atoms with Gasteiger partial charge in [0.25, 0.3) is 5.69 Å². The van der Waals surface area contributed by atoms with Crippen LogP contribution < -0.4 is 10.7 Å². The fraction of sp³-hybridized carbons (Fsp3) is 0. The molecule has 0 aliphatic heterocycles. The van der Waals surface area contributed by atoms with Gasteiger partial charge in [0.1, 0.15) is 10.6 Å². The summed E-state index contributed by atoms with van der Waals surface area (Å²) in [5, 5.41) is 26.0. The smallest absolute Gasteiger partial charge is 0.345 e. The molecule has 0 fully saturated rings. The van der Waals surface area contributed by atoms with E-state index >= 15 is 0 Å². The molecule has 0 aliphatic carbocycles. The first kappa shape index (κ1) is 18.4. The van der Waals surface area contributed by atoms with E-state index in [4.69, 9.17) is 27.6 Å². The molecule has 0 saturated heterocycles. The van der Waals surface area contributed by atoms with Crippen molar-refractivity contribution in [3.05, 3.63) is 72.4 Å². The molecule has 140 valence electrons. The quantitative estimate of drug-likeness (QED) is 0.259. The minimum Gasteiger partial charge on any atom is -0.868 e. The normalized spacial score (nSPS) is 11.1. The maximum Gasteiger partial charge on any atom is 0.345 e. The highest BCUT2D eigenvalue weighted by Crippen LogP contribution is 2.34. The van der Waals surface area contributed by atoms with Gasteiger partial charge in [-0.25, -0.2) is 9.78 Å². The van der Waals surface area contributed by atoms with Gasteiger partial charge < -0.3 is 9.52 Å². The summed E-state index contributed by atoms with van der Waals surface area (Å²) in [5.74, 6) is -0.830. The number of hydrogen-bond acceptors (Lipinski definition) is 7. The molecule has 0 atom stereocenters. The van der Waals surface area contributed by atoms with Crippen LogP contribution in [-0.2, 0) is 0 Å². The average molecular weight is 434 g/mol. The maximum absolute atomic E-state index is 12.3. The van der Waals surface area contributed by atoms with Crippen LogP contribution in [0.15, 0.2) is 51.0 Å². The molecule has 0 spiro atoms. The van der Waals surface area contributed by atoms with Crippen LogP contribution in [0.1, 0.15) is 0 Å². The number of halogens is 2. The van der Waals surface area contributed by atoms with Crippen LogP contribution in [0.3, 0.4) is 0 Å². The second kappa shape index (κ2) is 6.90. The standard InChI is InChI=1S/C18H8Cl2N2O5S/c19-11-2-1-8(4-12(11)20)17-21-13(7-28-17)10-3-9-5-14(22(25)26)15(23)6-16(9)27-18(10)24/h1-7,23H/p-1. The molecule has 0 aliphatic rings. The van der Waals surface area contributed by atoms with Crippen LogP contribution in [-0.4, -0.2) is 9.91 Å². The first-order chi connectivity index (χ1) is 13.3. The molecule has 0 amide bonds. The molecule has 28 heavy (non-hydrogen) atoms. The van der Waals surface area contributed by atoms with Gasteiger partial charge in [0, 0.05) is 22.4 Å². The van der Waals surface area contributed by atoms with Crippen molar-refractivity contribution in [1.29, 1.82) is 0 Å². The minimum absolute atomic E-state index is 0.0238. The molecular weight excluding hydrogens is 427 g/mol. The fourth-order valence-electron chi connectivity index (χ4n) is 2.62. The molecular formula is C18H7Cl2N2O5S-. The molecule has 0 unspecified atom stereocenters. The zero-order valence-corrected chi connectivity index (χ0v) is 16.0. The third-order valence-corrected chi connectivity index (χ3v) is 5.59. The van der Waals surface area contributed by atoms with E-state index in [0.717, 1.165) is 17.7 Å². The van der Waals surface area contributed by atoms with E-state index in [-0.39, 0.29) is 16.5 Å². The lowest BCUT2D eigenvalue weighted by atomic mass is 10.1.